The van der Waals surface area contributed by atoms with E-state index in [0.29, 0.717) is 46.6 Å². The molecule has 5 heterocycles. The second-order valence-electron chi connectivity index (χ2n) is 15.5. The summed E-state index contributed by atoms with van der Waals surface area (Å²) in [6.07, 6.45) is 17.0. The van der Waals surface area contributed by atoms with E-state index in [-0.39, 0.29) is 34.2 Å². The van der Waals surface area contributed by atoms with Crippen LogP contribution in [0.4, 0.5) is 14.6 Å². The number of ether oxygens (including phenoxy) is 1. The van der Waals surface area contributed by atoms with E-state index >= 15 is 8.78 Å². The van der Waals surface area contributed by atoms with E-state index in [4.69, 9.17) is 26.1 Å². The molecule has 2 aliphatic carbocycles. The van der Waals surface area contributed by atoms with Crippen molar-refractivity contribution in [1.82, 2.24) is 25.2 Å². The Balaban J connectivity index is 1.14. The van der Waals surface area contributed by atoms with E-state index in [0.717, 1.165) is 62.8 Å². The summed E-state index contributed by atoms with van der Waals surface area (Å²) in [5.41, 5.74) is 2.40. The lowest BCUT2D eigenvalue weighted by molar-refractivity contribution is 0.115. The molecule has 0 unspecified atom stereocenters. The second kappa shape index (κ2) is 11.9. The summed E-state index contributed by atoms with van der Waals surface area (Å²) in [7, 11) is 0. The predicted octanol–water partition coefficient (Wildman–Crippen LogP) is 7.03. The third kappa shape index (κ3) is 5.52. The van der Waals surface area contributed by atoms with E-state index in [1.54, 1.807) is 12.1 Å². The van der Waals surface area contributed by atoms with Crippen molar-refractivity contribution in [2.45, 2.75) is 83.2 Å². The Kier molecular flexibility index (Phi) is 7.55. The smallest absolute Gasteiger partial charge is 0.319 e. The van der Waals surface area contributed by atoms with Gasteiger partial charge in [-0.25, -0.2) is 13.8 Å². The van der Waals surface area contributed by atoms with Crippen LogP contribution in [0.5, 0.6) is 6.01 Å². The summed E-state index contributed by atoms with van der Waals surface area (Å²) in [6.45, 7) is 7.69. The molecule has 2 atom stereocenters. The first kappa shape index (κ1) is 31.1. The number of terminal acetylenes is 1. The Morgan fingerprint density at radius 3 is 2.61 bits per heavy atom. The van der Waals surface area contributed by atoms with Gasteiger partial charge in [-0.05, 0) is 94.2 Å². The number of anilines is 1. The molecule has 9 rings (SSSR count). The lowest BCUT2D eigenvalue weighted by Crippen LogP contribution is -2.57. The van der Waals surface area contributed by atoms with Gasteiger partial charge in [0.2, 0.25) is 0 Å². The number of aryl methyl sites for hydroxylation is 1. The highest BCUT2D eigenvalue weighted by Crippen LogP contribution is 2.55. The van der Waals surface area contributed by atoms with E-state index in [1.807, 2.05) is 12.1 Å². The zero-order chi connectivity index (χ0) is 33.3. The minimum atomic E-state index is -0.560. The number of rotatable bonds is 7. The molecule has 4 fully saturated rings. The zero-order valence-electron chi connectivity index (χ0n) is 28.3. The SMILES string of the molecule is C#Cc1c(F)ccc2cccc(-c3nc4c5c(nc(OCC6(CN7CCC8(CC7)CC8)CC6)nc5c3F)N3C[C@@H](CC)NC[C@H]3CCC4)c12. The Bertz CT molecular complexity index is 1990. The highest BCUT2D eigenvalue weighted by molar-refractivity contribution is 6.02. The molecule has 1 N–H and O–H groups in total. The molecule has 0 amide bonds. The number of nitrogens with one attached hydrogen (secondary N) is 1. The molecule has 4 aromatic rings. The number of aromatic nitrogens is 3. The summed E-state index contributed by atoms with van der Waals surface area (Å²) >= 11 is 0. The molecule has 0 bridgehead atoms. The molecular formula is C40H44F2N6O. The van der Waals surface area contributed by atoms with Gasteiger partial charge in [0.15, 0.2) is 5.82 Å². The summed E-state index contributed by atoms with van der Waals surface area (Å²) in [4.78, 5) is 19.9. The topological polar surface area (TPSA) is 66.4 Å². The van der Waals surface area contributed by atoms with Crippen LogP contribution < -0.4 is 15.0 Å². The molecule has 2 saturated heterocycles. The zero-order valence-corrected chi connectivity index (χ0v) is 28.3. The molecule has 9 heteroatoms. The van der Waals surface area contributed by atoms with Gasteiger partial charge in [0.25, 0.3) is 0 Å². The number of pyridine rings is 1. The maximum atomic E-state index is 17.2. The van der Waals surface area contributed by atoms with Crippen molar-refractivity contribution in [3.63, 3.8) is 0 Å². The molecule has 2 aromatic heterocycles. The van der Waals surface area contributed by atoms with E-state index in [2.05, 4.69) is 28.0 Å². The van der Waals surface area contributed by atoms with Gasteiger partial charge in [-0.1, -0.05) is 37.1 Å². The van der Waals surface area contributed by atoms with Gasteiger partial charge in [-0.3, -0.25) is 0 Å². The number of benzene rings is 2. The summed E-state index contributed by atoms with van der Waals surface area (Å²) in [5, 5.41) is 5.57. The molecule has 49 heavy (non-hydrogen) atoms. The highest BCUT2D eigenvalue weighted by atomic mass is 19.1. The first-order valence-corrected chi connectivity index (χ1v) is 18.3. The Labute approximate surface area is 286 Å². The van der Waals surface area contributed by atoms with Crippen molar-refractivity contribution in [1.29, 1.82) is 0 Å². The van der Waals surface area contributed by atoms with Crippen molar-refractivity contribution in [3.8, 4) is 29.6 Å². The Morgan fingerprint density at radius 1 is 1.02 bits per heavy atom. The van der Waals surface area contributed by atoms with Crippen LogP contribution >= 0.6 is 0 Å². The number of fused-ring (bicyclic) bond motifs is 3. The number of hydrogen-bond acceptors (Lipinski definition) is 7. The summed E-state index contributed by atoms with van der Waals surface area (Å²) in [6, 6.07) is 9.25. The van der Waals surface area contributed by atoms with Crippen LogP contribution in [0, 0.1) is 34.8 Å². The van der Waals surface area contributed by atoms with Gasteiger partial charge in [-0.15, -0.1) is 6.42 Å². The molecule has 1 spiro atoms. The van der Waals surface area contributed by atoms with Crippen LogP contribution in [-0.4, -0.2) is 71.3 Å². The van der Waals surface area contributed by atoms with Crippen molar-refractivity contribution < 1.29 is 13.5 Å². The molecule has 5 aliphatic rings. The van der Waals surface area contributed by atoms with Crippen LogP contribution in [0.25, 0.3) is 32.9 Å². The van der Waals surface area contributed by atoms with Crippen molar-refractivity contribution >= 4 is 27.5 Å². The van der Waals surface area contributed by atoms with Gasteiger partial charge in [0.05, 0.1) is 23.3 Å². The van der Waals surface area contributed by atoms with Crippen LogP contribution in [0.1, 0.15) is 76.0 Å². The molecule has 0 radical (unpaired) electrons. The number of likely N-dealkylation sites (tertiary alicyclic amines) is 1. The molecule has 7 nitrogen and oxygen atoms in total. The summed E-state index contributed by atoms with van der Waals surface area (Å²) < 4.78 is 38.7. The predicted molar refractivity (Wildman–Crippen MR) is 189 cm³/mol. The fourth-order valence-corrected chi connectivity index (χ4v) is 8.77. The number of piperidine rings is 1. The van der Waals surface area contributed by atoms with Crippen LogP contribution in [0.15, 0.2) is 30.3 Å². The maximum absolute atomic E-state index is 17.2. The van der Waals surface area contributed by atoms with E-state index in [1.165, 1.54) is 44.8 Å². The first-order chi connectivity index (χ1) is 23.9. The van der Waals surface area contributed by atoms with Gasteiger partial charge in [0.1, 0.15) is 22.8 Å². The fourth-order valence-electron chi connectivity index (χ4n) is 8.77. The largest absolute Gasteiger partial charge is 0.463 e. The highest BCUT2D eigenvalue weighted by Gasteiger charge is 2.49. The van der Waals surface area contributed by atoms with Gasteiger partial charge >= 0.3 is 6.01 Å². The normalized spacial score (nSPS) is 23.9. The lowest BCUT2D eigenvalue weighted by atomic mass is 9.93. The number of nitrogens with zero attached hydrogens (tertiary/aromatic N) is 5. The quantitative estimate of drug-likeness (QED) is 0.213. The van der Waals surface area contributed by atoms with Gasteiger partial charge < -0.3 is 19.9 Å². The molecular weight excluding hydrogens is 618 g/mol. The molecule has 2 saturated carbocycles. The third-order valence-electron chi connectivity index (χ3n) is 12.3. The average Bonchev–Trinajstić information content (AvgIpc) is 4.06. The van der Waals surface area contributed by atoms with Gasteiger partial charge in [0, 0.05) is 48.1 Å². The Hall–Kier alpha value is -3.87. The minimum absolute atomic E-state index is 0.0919. The third-order valence-corrected chi connectivity index (χ3v) is 12.3. The van der Waals surface area contributed by atoms with E-state index in [9.17, 15) is 0 Å². The fraction of sp³-hybridized carbons (Fsp3) is 0.525. The lowest BCUT2D eigenvalue weighted by Gasteiger charge is -2.42. The van der Waals surface area contributed by atoms with Crippen molar-refractivity contribution in [3.05, 3.63) is 53.2 Å². The average molecular weight is 663 g/mol. The van der Waals surface area contributed by atoms with Crippen LogP contribution in [0.3, 0.4) is 0 Å². The minimum Gasteiger partial charge on any atom is -0.463 e. The second-order valence-corrected chi connectivity index (χ2v) is 15.5. The molecule has 3 aliphatic heterocycles. The van der Waals surface area contributed by atoms with Crippen molar-refractivity contribution in [2.75, 3.05) is 44.2 Å². The number of halogens is 2. The van der Waals surface area contributed by atoms with E-state index < -0.39 is 11.6 Å². The summed E-state index contributed by atoms with van der Waals surface area (Å²) in [5.74, 6) is 2.14. The van der Waals surface area contributed by atoms with Crippen LogP contribution in [0.2, 0.25) is 0 Å². The maximum Gasteiger partial charge on any atom is 0.319 e. The number of piperazine rings is 1. The molecule has 2 aromatic carbocycles. The number of hydrogen-bond donors (Lipinski definition) is 1. The van der Waals surface area contributed by atoms with Gasteiger partial charge in [-0.2, -0.15) is 9.97 Å². The molecule has 254 valence electrons. The Morgan fingerprint density at radius 2 is 1.86 bits per heavy atom. The standard InChI is InChI=1S/C40H44F2N6O/c1-3-26-22-48-27(21-43-26)8-6-10-31-33-36(34(42)35(44-31)29-9-5-7-25-11-12-30(41)28(4-2)32(25)29)45-38(46-37(33)48)49-24-40(15-16-40)23-47-19-17-39(13-14-39)18-20-47/h2,5,7,9,11-12,26-27,43H,3,6,8,10,13-24H2,1H3/t26-,27-/m1/s1. The van der Waals surface area contributed by atoms with Crippen LogP contribution in [-0.2, 0) is 6.42 Å². The first-order valence-electron chi connectivity index (χ1n) is 18.3. The van der Waals surface area contributed by atoms with Crippen molar-refractivity contribution in [2.24, 2.45) is 10.8 Å². The monoisotopic (exact) mass is 662 g/mol.